The first-order valence-electron chi connectivity index (χ1n) is 6.21. The third kappa shape index (κ3) is 3.82. The molecule has 0 unspecified atom stereocenters. The summed E-state index contributed by atoms with van der Waals surface area (Å²) in [5, 5.41) is 18.1. The Morgan fingerprint density at radius 2 is 2.10 bits per heavy atom. The smallest absolute Gasteiger partial charge is 0.263 e. The summed E-state index contributed by atoms with van der Waals surface area (Å²) >= 11 is 1.20. The fraction of sp³-hybridized carbons (Fsp3) is 0.333. The maximum Gasteiger partial charge on any atom is 0.263 e. The average molecular weight is 328 g/mol. The van der Waals surface area contributed by atoms with Crippen molar-refractivity contribution in [3.05, 3.63) is 23.2 Å². The number of rotatable bonds is 5. The molecule has 0 saturated heterocycles. The SMILES string of the molecule is CC(C)Cc1nnc(NS(=O)(=O)c2ccc(O)c(N)c2)s1. The minimum atomic E-state index is -3.80. The molecule has 4 N–H and O–H groups in total. The van der Waals surface area contributed by atoms with E-state index in [1.54, 1.807) is 0 Å². The van der Waals surface area contributed by atoms with Crippen LogP contribution >= 0.6 is 11.3 Å². The summed E-state index contributed by atoms with van der Waals surface area (Å²) in [6, 6.07) is 3.69. The summed E-state index contributed by atoms with van der Waals surface area (Å²) in [6.07, 6.45) is 0.742. The van der Waals surface area contributed by atoms with Crippen LogP contribution in [0.1, 0.15) is 18.9 Å². The molecule has 0 atom stereocenters. The highest BCUT2D eigenvalue weighted by molar-refractivity contribution is 7.93. The van der Waals surface area contributed by atoms with Crippen LogP contribution in [0, 0.1) is 5.92 Å². The molecular formula is C12H16N4O3S2. The number of nitrogens with one attached hydrogen (secondary N) is 1. The van der Waals surface area contributed by atoms with Crippen LogP contribution in [-0.4, -0.2) is 23.7 Å². The highest BCUT2D eigenvalue weighted by Gasteiger charge is 2.18. The normalized spacial score (nSPS) is 11.8. The van der Waals surface area contributed by atoms with Crippen molar-refractivity contribution in [3.8, 4) is 5.75 Å². The highest BCUT2D eigenvalue weighted by atomic mass is 32.2. The first-order valence-corrected chi connectivity index (χ1v) is 8.51. The van der Waals surface area contributed by atoms with Gasteiger partial charge >= 0.3 is 0 Å². The lowest BCUT2D eigenvalue weighted by atomic mass is 10.1. The van der Waals surface area contributed by atoms with Gasteiger partial charge in [0, 0.05) is 6.42 Å². The maximum absolute atomic E-state index is 12.2. The Labute approximate surface area is 126 Å². The molecule has 114 valence electrons. The number of sulfonamides is 1. The van der Waals surface area contributed by atoms with E-state index in [-0.39, 0.29) is 21.5 Å². The molecule has 0 aliphatic heterocycles. The number of anilines is 2. The quantitative estimate of drug-likeness (QED) is 0.569. The molecule has 1 aromatic heterocycles. The molecule has 7 nitrogen and oxygen atoms in total. The molecule has 2 aromatic rings. The third-order valence-corrected chi connectivity index (χ3v) is 4.91. The summed E-state index contributed by atoms with van der Waals surface area (Å²) in [7, 11) is -3.80. The number of hydrogen-bond donors (Lipinski definition) is 3. The molecule has 0 radical (unpaired) electrons. The van der Waals surface area contributed by atoms with Crippen molar-refractivity contribution in [1.29, 1.82) is 0 Å². The van der Waals surface area contributed by atoms with Crippen LogP contribution in [-0.2, 0) is 16.4 Å². The van der Waals surface area contributed by atoms with Gasteiger partial charge in [-0.1, -0.05) is 25.2 Å². The van der Waals surface area contributed by atoms with Crippen LogP contribution in [0.5, 0.6) is 5.75 Å². The second-order valence-corrected chi connectivity index (χ2v) is 7.67. The maximum atomic E-state index is 12.2. The van der Waals surface area contributed by atoms with Gasteiger partial charge in [-0.25, -0.2) is 8.42 Å². The van der Waals surface area contributed by atoms with Crippen LogP contribution in [0.25, 0.3) is 0 Å². The molecule has 0 amide bonds. The van der Waals surface area contributed by atoms with Gasteiger partial charge in [0.2, 0.25) is 5.13 Å². The van der Waals surface area contributed by atoms with Gasteiger partial charge in [0.05, 0.1) is 10.6 Å². The van der Waals surface area contributed by atoms with Crippen LogP contribution < -0.4 is 10.5 Å². The lowest BCUT2D eigenvalue weighted by molar-refractivity contribution is 0.477. The fourth-order valence-electron chi connectivity index (χ4n) is 1.60. The standard InChI is InChI=1S/C12H16N4O3S2/c1-7(2)5-11-14-15-12(20-11)16-21(18,19)8-3-4-10(17)9(13)6-8/h3-4,6-7,17H,5,13H2,1-2H3,(H,15,16). The number of nitrogen functional groups attached to an aromatic ring is 1. The number of aromatic nitrogens is 2. The zero-order chi connectivity index (χ0) is 15.6. The molecule has 0 aliphatic rings. The molecule has 1 heterocycles. The van der Waals surface area contributed by atoms with E-state index in [4.69, 9.17) is 5.73 Å². The predicted octanol–water partition coefficient (Wildman–Crippen LogP) is 1.83. The number of aromatic hydroxyl groups is 1. The monoisotopic (exact) mass is 328 g/mol. The molecule has 9 heteroatoms. The first-order chi connectivity index (χ1) is 9.78. The second kappa shape index (κ2) is 5.86. The minimum absolute atomic E-state index is 0.00404. The Balaban J connectivity index is 2.20. The van der Waals surface area contributed by atoms with Crippen molar-refractivity contribution in [3.63, 3.8) is 0 Å². The van der Waals surface area contributed by atoms with E-state index in [1.165, 1.54) is 29.5 Å². The van der Waals surface area contributed by atoms with Crippen molar-refractivity contribution < 1.29 is 13.5 Å². The van der Waals surface area contributed by atoms with Gasteiger partial charge in [-0.15, -0.1) is 10.2 Å². The zero-order valence-electron chi connectivity index (χ0n) is 11.6. The van der Waals surface area contributed by atoms with E-state index in [9.17, 15) is 13.5 Å². The van der Waals surface area contributed by atoms with Gasteiger partial charge in [0.15, 0.2) is 0 Å². The Bertz CT molecular complexity index is 741. The van der Waals surface area contributed by atoms with Gasteiger partial charge in [-0.05, 0) is 24.1 Å². The molecule has 0 aliphatic carbocycles. The number of nitrogens with two attached hydrogens (primary N) is 1. The zero-order valence-corrected chi connectivity index (χ0v) is 13.2. The van der Waals surface area contributed by atoms with Gasteiger partial charge in [-0.2, -0.15) is 0 Å². The summed E-state index contributed by atoms with van der Waals surface area (Å²) in [5.74, 6) is 0.253. The van der Waals surface area contributed by atoms with Crippen molar-refractivity contribution in [1.82, 2.24) is 10.2 Å². The summed E-state index contributed by atoms with van der Waals surface area (Å²) in [6.45, 7) is 4.09. The fourth-order valence-corrected chi connectivity index (χ4v) is 3.82. The van der Waals surface area contributed by atoms with Crippen molar-refractivity contribution >= 4 is 32.2 Å². The van der Waals surface area contributed by atoms with E-state index in [0.717, 1.165) is 11.4 Å². The van der Waals surface area contributed by atoms with Crippen LogP contribution in [0.2, 0.25) is 0 Å². The topological polar surface area (TPSA) is 118 Å². The molecule has 2 rings (SSSR count). The number of phenolic OH excluding ortho intramolecular Hbond substituents is 1. The van der Waals surface area contributed by atoms with Gasteiger partial charge < -0.3 is 10.8 Å². The molecule has 1 aromatic carbocycles. The Kier molecular flexibility index (Phi) is 4.33. The molecule has 0 spiro atoms. The largest absolute Gasteiger partial charge is 0.506 e. The van der Waals surface area contributed by atoms with Crippen LogP contribution in [0.3, 0.4) is 0 Å². The number of hydrogen-bond acceptors (Lipinski definition) is 7. The van der Waals surface area contributed by atoms with Crippen LogP contribution in [0.4, 0.5) is 10.8 Å². The van der Waals surface area contributed by atoms with E-state index in [0.29, 0.717) is 5.92 Å². The summed E-state index contributed by atoms with van der Waals surface area (Å²) in [4.78, 5) is -0.0431. The lowest BCUT2D eigenvalue weighted by Crippen LogP contribution is -2.13. The Hall–Kier alpha value is -1.87. The summed E-state index contributed by atoms with van der Waals surface area (Å²) in [5.41, 5.74) is 5.50. The van der Waals surface area contributed by atoms with E-state index in [1.807, 2.05) is 13.8 Å². The Morgan fingerprint density at radius 3 is 2.71 bits per heavy atom. The van der Waals surface area contributed by atoms with Crippen LogP contribution in [0.15, 0.2) is 23.1 Å². The number of nitrogens with zero attached hydrogens (tertiary/aromatic N) is 2. The number of benzene rings is 1. The highest BCUT2D eigenvalue weighted by Crippen LogP contribution is 2.26. The van der Waals surface area contributed by atoms with Gasteiger partial charge in [-0.3, -0.25) is 4.72 Å². The summed E-state index contributed by atoms with van der Waals surface area (Å²) < 4.78 is 26.7. The first kappa shape index (κ1) is 15.5. The van der Waals surface area contributed by atoms with Gasteiger partial charge in [0.1, 0.15) is 10.8 Å². The van der Waals surface area contributed by atoms with Crippen molar-refractivity contribution in [2.24, 2.45) is 5.92 Å². The molecule has 0 fully saturated rings. The molecular weight excluding hydrogens is 312 g/mol. The second-order valence-electron chi connectivity index (χ2n) is 4.93. The van der Waals surface area contributed by atoms with Crippen molar-refractivity contribution in [2.75, 3.05) is 10.5 Å². The average Bonchev–Trinajstić information content (AvgIpc) is 2.78. The van der Waals surface area contributed by atoms with Crippen molar-refractivity contribution in [2.45, 2.75) is 25.2 Å². The van der Waals surface area contributed by atoms with E-state index < -0.39 is 10.0 Å². The third-order valence-electron chi connectivity index (χ3n) is 2.58. The molecule has 0 saturated carbocycles. The Morgan fingerprint density at radius 1 is 1.38 bits per heavy atom. The molecule has 0 bridgehead atoms. The number of phenols is 1. The van der Waals surface area contributed by atoms with E-state index in [2.05, 4.69) is 14.9 Å². The van der Waals surface area contributed by atoms with Gasteiger partial charge in [0.25, 0.3) is 10.0 Å². The predicted molar refractivity (Wildman–Crippen MR) is 81.8 cm³/mol. The lowest BCUT2D eigenvalue weighted by Gasteiger charge is -2.06. The van der Waals surface area contributed by atoms with E-state index >= 15 is 0 Å². The molecule has 21 heavy (non-hydrogen) atoms. The minimum Gasteiger partial charge on any atom is -0.506 e.